The van der Waals surface area contributed by atoms with Gasteiger partial charge in [-0.05, 0) is 38.1 Å². The molecule has 1 aromatic heterocycles. The summed E-state index contributed by atoms with van der Waals surface area (Å²) in [6.07, 6.45) is 0. The van der Waals surface area contributed by atoms with Crippen LogP contribution in [0.25, 0.3) is 0 Å². The zero-order chi connectivity index (χ0) is 17.1. The highest BCUT2D eigenvalue weighted by Crippen LogP contribution is 2.33. The Kier molecular flexibility index (Phi) is 4.71. The molecule has 5 heteroatoms. The van der Waals surface area contributed by atoms with Gasteiger partial charge >= 0.3 is 0 Å². The maximum absolute atomic E-state index is 12.7. The van der Waals surface area contributed by atoms with E-state index in [9.17, 15) is 4.79 Å². The molecule has 0 radical (unpaired) electrons. The van der Waals surface area contributed by atoms with Crippen LogP contribution >= 0.6 is 11.8 Å². The molecule has 122 valence electrons. The molecular weight excluding hydrogens is 318 g/mol. The van der Waals surface area contributed by atoms with E-state index in [2.05, 4.69) is 22.5 Å². The van der Waals surface area contributed by atoms with Crippen molar-refractivity contribution in [2.45, 2.75) is 23.6 Å². The first-order valence-corrected chi connectivity index (χ1v) is 8.51. The lowest BCUT2D eigenvalue weighted by atomic mass is 10.2. The second-order valence-corrected chi connectivity index (χ2v) is 6.65. The van der Waals surface area contributed by atoms with E-state index in [1.165, 1.54) is 0 Å². The van der Waals surface area contributed by atoms with Crippen molar-refractivity contribution in [3.63, 3.8) is 0 Å². The van der Waals surface area contributed by atoms with Crippen molar-refractivity contribution in [3.8, 4) is 0 Å². The molecule has 4 nitrogen and oxygen atoms in total. The average molecular weight is 337 g/mol. The summed E-state index contributed by atoms with van der Waals surface area (Å²) in [7, 11) is 1.85. The molecule has 3 rings (SSSR count). The number of hydrogen-bond donors (Lipinski definition) is 1. The van der Waals surface area contributed by atoms with Gasteiger partial charge in [0, 0.05) is 22.5 Å². The number of carbonyl (C=O) groups excluding carboxylic acids is 1. The van der Waals surface area contributed by atoms with E-state index in [1.54, 1.807) is 16.4 Å². The Morgan fingerprint density at radius 2 is 1.71 bits per heavy atom. The fraction of sp³-hybridized carbons (Fsp3) is 0.158. The van der Waals surface area contributed by atoms with E-state index in [4.69, 9.17) is 0 Å². The van der Waals surface area contributed by atoms with E-state index >= 15 is 0 Å². The third-order valence-corrected chi connectivity index (χ3v) is 4.93. The van der Waals surface area contributed by atoms with Crippen molar-refractivity contribution in [1.82, 2.24) is 9.78 Å². The topological polar surface area (TPSA) is 46.9 Å². The van der Waals surface area contributed by atoms with Crippen LogP contribution in [-0.2, 0) is 7.05 Å². The van der Waals surface area contributed by atoms with Gasteiger partial charge in [-0.2, -0.15) is 5.10 Å². The molecule has 0 unspecified atom stereocenters. The fourth-order valence-corrected chi connectivity index (χ4v) is 3.48. The normalized spacial score (nSPS) is 10.6. The second-order valence-electron chi connectivity index (χ2n) is 5.53. The Hall–Kier alpha value is -2.53. The van der Waals surface area contributed by atoms with Gasteiger partial charge in [-0.15, -0.1) is 0 Å². The minimum absolute atomic E-state index is 0.126. The molecule has 2 aromatic carbocycles. The number of aryl methyl sites for hydroxylation is 2. The predicted octanol–water partition coefficient (Wildman–Crippen LogP) is 4.44. The van der Waals surface area contributed by atoms with Crippen LogP contribution in [-0.4, -0.2) is 15.7 Å². The molecule has 1 N–H and O–H groups in total. The van der Waals surface area contributed by atoms with Crippen LogP contribution in [0.5, 0.6) is 0 Å². The summed E-state index contributed by atoms with van der Waals surface area (Å²) in [5.74, 6) is -0.126. The molecule has 0 saturated heterocycles. The number of nitrogens with zero attached hydrogens (tertiary/aromatic N) is 2. The predicted molar refractivity (Wildman–Crippen MR) is 97.6 cm³/mol. The van der Waals surface area contributed by atoms with Gasteiger partial charge in [-0.1, -0.05) is 42.1 Å². The molecule has 0 saturated carbocycles. The van der Waals surface area contributed by atoms with Gasteiger partial charge in [0.15, 0.2) is 0 Å². The Labute approximate surface area is 145 Å². The van der Waals surface area contributed by atoms with Gasteiger partial charge in [0.25, 0.3) is 5.91 Å². The zero-order valence-corrected chi connectivity index (χ0v) is 14.7. The van der Waals surface area contributed by atoms with Crippen LogP contribution in [0.3, 0.4) is 0 Å². The van der Waals surface area contributed by atoms with Crippen LogP contribution < -0.4 is 5.32 Å². The highest BCUT2D eigenvalue weighted by molar-refractivity contribution is 7.99. The van der Waals surface area contributed by atoms with Gasteiger partial charge < -0.3 is 5.32 Å². The number of nitrogens with one attached hydrogen (secondary N) is 1. The molecule has 1 heterocycles. The minimum Gasteiger partial charge on any atom is -0.321 e. The molecule has 0 aliphatic heterocycles. The number of rotatable bonds is 4. The van der Waals surface area contributed by atoms with Crippen molar-refractivity contribution in [1.29, 1.82) is 0 Å². The number of amides is 1. The zero-order valence-electron chi connectivity index (χ0n) is 13.9. The summed E-state index contributed by atoms with van der Waals surface area (Å²) in [4.78, 5) is 14.8. The third kappa shape index (κ3) is 3.36. The Balaban J connectivity index is 1.86. The van der Waals surface area contributed by atoms with Crippen LogP contribution in [0, 0.1) is 13.8 Å². The van der Waals surface area contributed by atoms with Crippen molar-refractivity contribution in [2.24, 2.45) is 7.05 Å². The largest absolute Gasteiger partial charge is 0.321 e. The summed E-state index contributed by atoms with van der Waals surface area (Å²) < 4.78 is 1.73. The number of carbonyl (C=O) groups is 1. The maximum atomic E-state index is 12.7. The molecule has 0 bridgehead atoms. The van der Waals surface area contributed by atoms with Crippen molar-refractivity contribution in [2.75, 3.05) is 5.32 Å². The number of anilines is 1. The smallest absolute Gasteiger partial charge is 0.259 e. The lowest BCUT2D eigenvalue weighted by Crippen LogP contribution is -2.14. The number of aromatic nitrogens is 2. The van der Waals surface area contributed by atoms with E-state index in [1.807, 2.05) is 63.4 Å². The molecule has 1 amide bonds. The van der Waals surface area contributed by atoms with Crippen molar-refractivity contribution in [3.05, 3.63) is 71.5 Å². The first-order chi connectivity index (χ1) is 11.6. The summed E-state index contributed by atoms with van der Waals surface area (Å²) in [5.41, 5.74) is 3.04. The first kappa shape index (κ1) is 16.3. The van der Waals surface area contributed by atoms with Gasteiger partial charge in [-0.25, -0.2) is 0 Å². The van der Waals surface area contributed by atoms with Crippen LogP contribution in [0.2, 0.25) is 0 Å². The van der Waals surface area contributed by atoms with E-state index < -0.39 is 0 Å². The van der Waals surface area contributed by atoms with Gasteiger partial charge in [0.2, 0.25) is 0 Å². The first-order valence-electron chi connectivity index (χ1n) is 7.69. The summed E-state index contributed by atoms with van der Waals surface area (Å²) in [5, 5.41) is 7.34. The maximum Gasteiger partial charge on any atom is 0.259 e. The number of hydrogen-bond acceptors (Lipinski definition) is 3. The SMILES string of the molecule is Cc1nn(C)c(C)c1C(=O)Nc1ccccc1Sc1ccccc1. The summed E-state index contributed by atoms with van der Waals surface area (Å²) in [6.45, 7) is 3.76. The average Bonchev–Trinajstić information content (AvgIpc) is 2.83. The van der Waals surface area contributed by atoms with Crippen molar-refractivity contribution >= 4 is 23.4 Å². The van der Waals surface area contributed by atoms with Crippen molar-refractivity contribution < 1.29 is 4.79 Å². The number of para-hydroxylation sites is 1. The van der Waals surface area contributed by atoms with Gasteiger partial charge in [0.1, 0.15) is 0 Å². The highest BCUT2D eigenvalue weighted by Gasteiger charge is 2.18. The summed E-state index contributed by atoms with van der Waals surface area (Å²) >= 11 is 1.63. The molecule has 0 aliphatic rings. The lowest BCUT2D eigenvalue weighted by molar-refractivity contribution is 0.102. The molecule has 3 aromatic rings. The molecule has 24 heavy (non-hydrogen) atoms. The third-order valence-electron chi connectivity index (χ3n) is 3.84. The monoisotopic (exact) mass is 337 g/mol. The van der Waals surface area contributed by atoms with E-state index in [0.29, 0.717) is 5.56 Å². The Morgan fingerprint density at radius 1 is 1.04 bits per heavy atom. The van der Waals surface area contributed by atoms with Crippen LogP contribution in [0.15, 0.2) is 64.4 Å². The molecule has 0 fully saturated rings. The lowest BCUT2D eigenvalue weighted by Gasteiger charge is -2.11. The fourth-order valence-electron chi connectivity index (χ4n) is 2.56. The molecule has 0 atom stereocenters. The molecule has 0 aliphatic carbocycles. The van der Waals surface area contributed by atoms with E-state index in [0.717, 1.165) is 26.9 Å². The van der Waals surface area contributed by atoms with Crippen LogP contribution in [0.1, 0.15) is 21.7 Å². The standard InChI is InChI=1S/C19H19N3OS/c1-13-18(14(2)22(3)21-13)19(23)20-16-11-7-8-12-17(16)24-15-9-5-4-6-10-15/h4-12H,1-3H3,(H,20,23). The minimum atomic E-state index is -0.126. The van der Waals surface area contributed by atoms with Gasteiger partial charge in [-0.3, -0.25) is 9.48 Å². The number of benzene rings is 2. The second kappa shape index (κ2) is 6.93. The summed E-state index contributed by atoms with van der Waals surface area (Å²) in [6, 6.07) is 17.9. The Bertz CT molecular complexity index is 872. The molecular formula is C19H19N3OS. The quantitative estimate of drug-likeness (QED) is 0.765. The van der Waals surface area contributed by atoms with E-state index in [-0.39, 0.29) is 5.91 Å². The highest BCUT2D eigenvalue weighted by atomic mass is 32.2. The molecule has 0 spiro atoms. The van der Waals surface area contributed by atoms with Gasteiger partial charge in [0.05, 0.1) is 16.9 Å². The Morgan fingerprint density at radius 3 is 2.38 bits per heavy atom. The van der Waals surface area contributed by atoms with Crippen LogP contribution in [0.4, 0.5) is 5.69 Å².